The van der Waals surface area contributed by atoms with Crippen molar-refractivity contribution in [1.29, 1.82) is 0 Å². The minimum atomic E-state index is -0.203. The van der Waals surface area contributed by atoms with Crippen LogP contribution in [0.15, 0.2) is 42.5 Å². The molecule has 26 heavy (non-hydrogen) atoms. The summed E-state index contributed by atoms with van der Waals surface area (Å²) in [4.78, 5) is 28.5. The molecule has 2 aromatic carbocycles. The van der Waals surface area contributed by atoms with Crippen molar-refractivity contribution in [3.8, 4) is 0 Å². The molecule has 132 valence electrons. The lowest BCUT2D eigenvalue weighted by Crippen LogP contribution is -2.12. The average molecular weight is 348 g/mol. The van der Waals surface area contributed by atoms with Crippen LogP contribution in [0, 0.1) is 0 Å². The van der Waals surface area contributed by atoms with Crippen LogP contribution in [0.25, 0.3) is 11.0 Å². The van der Waals surface area contributed by atoms with E-state index in [1.54, 1.807) is 24.3 Å². The first-order valence-corrected chi connectivity index (χ1v) is 8.66. The summed E-state index contributed by atoms with van der Waals surface area (Å²) in [6.45, 7) is 1.45. The van der Waals surface area contributed by atoms with Gasteiger partial charge in [0.15, 0.2) is 0 Å². The number of aryl methyl sites for hydroxylation is 1. The highest BCUT2D eigenvalue weighted by atomic mass is 16.2. The third kappa shape index (κ3) is 3.18. The van der Waals surface area contributed by atoms with Crippen molar-refractivity contribution in [2.75, 3.05) is 10.6 Å². The number of nitrogens with one attached hydrogen (secondary N) is 2. The van der Waals surface area contributed by atoms with Crippen LogP contribution in [-0.4, -0.2) is 21.4 Å². The Hall–Kier alpha value is -3.15. The molecule has 0 saturated heterocycles. The predicted octanol–water partition coefficient (Wildman–Crippen LogP) is 3.66. The van der Waals surface area contributed by atoms with Gasteiger partial charge in [0, 0.05) is 36.8 Å². The largest absolute Gasteiger partial charge is 0.331 e. The minimum absolute atomic E-state index is 0.152. The number of fused-ring (bicyclic) bond motifs is 1. The number of imidazole rings is 1. The molecule has 0 radical (unpaired) electrons. The van der Waals surface area contributed by atoms with Gasteiger partial charge in [-0.2, -0.15) is 0 Å². The Morgan fingerprint density at radius 2 is 1.81 bits per heavy atom. The van der Waals surface area contributed by atoms with E-state index in [-0.39, 0.29) is 11.8 Å². The summed E-state index contributed by atoms with van der Waals surface area (Å²) >= 11 is 0. The van der Waals surface area contributed by atoms with Crippen molar-refractivity contribution in [3.05, 3.63) is 53.9 Å². The number of benzene rings is 2. The van der Waals surface area contributed by atoms with Crippen LogP contribution in [0.5, 0.6) is 0 Å². The second kappa shape index (κ2) is 6.29. The quantitative estimate of drug-likeness (QED) is 0.755. The maximum Gasteiger partial charge on any atom is 0.255 e. The van der Waals surface area contributed by atoms with E-state index in [1.807, 2.05) is 25.2 Å². The van der Waals surface area contributed by atoms with E-state index >= 15 is 0 Å². The van der Waals surface area contributed by atoms with Crippen LogP contribution in [0.1, 0.15) is 41.9 Å². The zero-order valence-electron chi connectivity index (χ0n) is 14.7. The van der Waals surface area contributed by atoms with Gasteiger partial charge in [-0.15, -0.1) is 0 Å². The van der Waals surface area contributed by atoms with Crippen molar-refractivity contribution in [3.63, 3.8) is 0 Å². The Labute approximate surface area is 151 Å². The summed E-state index contributed by atoms with van der Waals surface area (Å²) in [5.74, 6) is 1.30. The lowest BCUT2D eigenvalue weighted by Gasteiger charge is -2.08. The summed E-state index contributed by atoms with van der Waals surface area (Å²) < 4.78 is 2.12. The van der Waals surface area contributed by atoms with Crippen LogP contribution in [0.3, 0.4) is 0 Å². The highest BCUT2D eigenvalue weighted by Gasteiger charge is 2.28. The molecular weight excluding hydrogens is 328 g/mol. The number of aromatic nitrogens is 2. The number of carbonyl (C=O) groups is 2. The molecular formula is C20H20N4O2. The molecule has 0 unspecified atom stereocenters. The van der Waals surface area contributed by atoms with Crippen LogP contribution < -0.4 is 10.6 Å². The van der Waals surface area contributed by atoms with Gasteiger partial charge in [0.2, 0.25) is 5.91 Å². The highest BCUT2D eigenvalue weighted by Crippen LogP contribution is 2.40. The van der Waals surface area contributed by atoms with E-state index in [9.17, 15) is 9.59 Å². The Balaban J connectivity index is 1.57. The first-order chi connectivity index (χ1) is 12.5. The molecule has 2 amide bonds. The number of carbonyl (C=O) groups excluding carboxylic acids is 2. The van der Waals surface area contributed by atoms with Crippen molar-refractivity contribution >= 4 is 34.2 Å². The molecule has 0 aliphatic heterocycles. The van der Waals surface area contributed by atoms with E-state index < -0.39 is 0 Å². The topological polar surface area (TPSA) is 76.0 Å². The molecule has 1 saturated carbocycles. The summed E-state index contributed by atoms with van der Waals surface area (Å²) in [7, 11) is 2.02. The summed E-state index contributed by atoms with van der Waals surface area (Å²) in [5.41, 5.74) is 3.71. The fourth-order valence-corrected chi connectivity index (χ4v) is 3.15. The van der Waals surface area contributed by atoms with Gasteiger partial charge < -0.3 is 15.2 Å². The number of hydrogen-bond donors (Lipinski definition) is 2. The van der Waals surface area contributed by atoms with E-state index in [0.29, 0.717) is 22.9 Å². The Morgan fingerprint density at radius 3 is 2.50 bits per heavy atom. The lowest BCUT2D eigenvalue weighted by molar-refractivity contribution is -0.114. The van der Waals surface area contributed by atoms with E-state index in [1.165, 1.54) is 19.8 Å². The van der Waals surface area contributed by atoms with Gasteiger partial charge in [-0.05, 0) is 49.2 Å². The van der Waals surface area contributed by atoms with Crippen LogP contribution in [-0.2, 0) is 11.8 Å². The molecule has 6 nitrogen and oxygen atoms in total. The second-order valence-electron chi connectivity index (χ2n) is 6.72. The number of anilines is 2. The van der Waals surface area contributed by atoms with Gasteiger partial charge in [0.05, 0.1) is 11.0 Å². The monoisotopic (exact) mass is 348 g/mol. The molecule has 2 N–H and O–H groups in total. The molecule has 3 aromatic rings. The van der Waals surface area contributed by atoms with Crippen molar-refractivity contribution in [2.45, 2.75) is 25.7 Å². The van der Waals surface area contributed by atoms with Crippen LogP contribution in [0.4, 0.5) is 11.4 Å². The summed E-state index contributed by atoms with van der Waals surface area (Å²) in [6, 6.07) is 12.7. The minimum Gasteiger partial charge on any atom is -0.331 e. The lowest BCUT2D eigenvalue weighted by atomic mass is 10.1. The van der Waals surface area contributed by atoms with Gasteiger partial charge in [-0.3, -0.25) is 9.59 Å². The number of rotatable bonds is 4. The fourth-order valence-electron chi connectivity index (χ4n) is 3.15. The number of amides is 2. The molecule has 1 aromatic heterocycles. The van der Waals surface area contributed by atoms with Crippen LogP contribution >= 0.6 is 0 Å². The molecule has 4 rings (SSSR count). The van der Waals surface area contributed by atoms with E-state index in [4.69, 9.17) is 4.98 Å². The third-order valence-corrected chi connectivity index (χ3v) is 4.56. The Kier molecular flexibility index (Phi) is 3.95. The fraction of sp³-hybridized carbons (Fsp3) is 0.250. The summed E-state index contributed by atoms with van der Waals surface area (Å²) in [5, 5.41) is 5.57. The van der Waals surface area contributed by atoms with Crippen molar-refractivity contribution in [2.24, 2.45) is 7.05 Å². The predicted molar refractivity (Wildman–Crippen MR) is 101 cm³/mol. The second-order valence-corrected chi connectivity index (χ2v) is 6.72. The maximum absolute atomic E-state index is 12.6. The zero-order valence-corrected chi connectivity index (χ0v) is 14.7. The van der Waals surface area contributed by atoms with Crippen molar-refractivity contribution < 1.29 is 9.59 Å². The Bertz CT molecular complexity index is 1020. The zero-order chi connectivity index (χ0) is 18.3. The van der Waals surface area contributed by atoms with Gasteiger partial charge in [-0.25, -0.2) is 4.98 Å². The molecule has 1 aliphatic rings. The normalized spacial score (nSPS) is 13.6. The van der Waals surface area contributed by atoms with Crippen molar-refractivity contribution in [1.82, 2.24) is 9.55 Å². The standard InChI is InChI=1S/C20H20N4O2/c1-12(25)21-15-4-3-5-16(11-15)22-20(26)14-8-9-18-17(10-14)23-19(24(18)2)13-6-7-13/h3-5,8-11,13H,6-7H2,1-2H3,(H,21,25)(H,22,26). The smallest absolute Gasteiger partial charge is 0.255 e. The molecule has 1 aliphatic carbocycles. The number of hydrogen-bond acceptors (Lipinski definition) is 3. The average Bonchev–Trinajstić information content (AvgIpc) is 3.39. The first-order valence-electron chi connectivity index (χ1n) is 8.66. The molecule has 1 heterocycles. The molecule has 0 atom stereocenters. The van der Waals surface area contributed by atoms with Gasteiger partial charge >= 0.3 is 0 Å². The maximum atomic E-state index is 12.6. The number of nitrogens with zero attached hydrogens (tertiary/aromatic N) is 2. The molecule has 0 spiro atoms. The molecule has 6 heteroatoms. The highest BCUT2D eigenvalue weighted by molar-refractivity contribution is 6.06. The first kappa shape index (κ1) is 16.3. The van der Waals surface area contributed by atoms with E-state index in [2.05, 4.69) is 15.2 Å². The SMILES string of the molecule is CC(=O)Nc1cccc(NC(=O)c2ccc3c(c2)nc(C2CC2)n3C)c1. The third-order valence-electron chi connectivity index (χ3n) is 4.56. The van der Waals surface area contributed by atoms with Gasteiger partial charge in [0.25, 0.3) is 5.91 Å². The molecule has 0 bridgehead atoms. The van der Waals surface area contributed by atoms with E-state index in [0.717, 1.165) is 16.9 Å². The summed E-state index contributed by atoms with van der Waals surface area (Å²) in [6.07, 6.45) is 2.38. The Morgan fingerprint density at radius 1 is 1.08 bits per heavy atom. The van der Waals surface area contributed by atoms with Gasteiger partial charge in [-0.1, -0.05) is 6.07 Å². The van der Waals surface area contributed by atoms with Gasteiger partial charge in [0.1, 0.15) is 5.82 Å². The molecule has 1 fully saturated rings. The van der Waals surface area contributed by atoms with Crippen LogP contribution in [0.2, 0.25) is 0 Å².